The number of nitrogens with zero attached hydrogens (tertiary/aromatic N) is 1. The molecule has 34 heavy (non-hydrogen) atoms. The number of ether oxygens (including phenoxy) is 1. The highest BCUT2D eigenvalue weighted by Crippen LogP contribution is 2.43. The summed E-state index contributed by atoms with van der Waals surface area (Å²) in [5.41, 5.74) is 4.57. The van der Waals surface area contributed by atoms with Crippen LogP contribution in [0.4, 0.5) is 0 Å². The number of aliphatic carboxylic acids is 1. The molecular formula is C25H30NO7P. The van der Waals surface area contributed by atoms with Gasteiger partial charge in [0.1, 0.15) is 17.4 Å². The molecule has 9 heteroatoms. The van der Waals surface area contributed by atoms with Gasteiger partial charge in [-0.1, -0.05) is 54.1 Å². The summed E-state index contributed by atoms with van der Waals surface area (Å²) >= 11 is 0. The molecule has 1 aliphatic heterocycles. The molecule has 182 valence electrons. The van der Waals surface area contributed by atoms with E-state index in [1.165, 1.54) is 13.2 Å². The second-order valence-corrected chi connectivity index (χ2v) is 9.11. The number of hydrogen-bond donors (Lipinski definition) is 2. The molecule has 0 aromatic heterocycles. The van der Waals surface area contributed by atoms with Gasteiger partial charge in [-0.3, -0.25) is 4.79 Å². The molecule has 0 saturated carbocycles. The molecule has 3 atom stereocenters. The Bertz CT molecular complexity index is 1130. The van der Waals surface area contributed by atoms with Crippen molar-refractivity contribution in [2.75, 3.05) is 0 Å². The van der Waals surface area contributed by atoms with Crippen molar-refractivity contribution in [3.63, 3.8) is 0 Å². The Morgan fingerprint density at radius 3 is 2.71 bits per heavy atom. The van der Waals surface area contributed by atoms with Crippen LogP contribution in [0.1, 0.15) is 46.1 Å². The molecule has 0 bridgehead atoms. The molecule has 0 amide bonds. The van der Waals surface area contributed by atoms with E-state index in [1.807, 2.05) is 39.0 Å². The van der Waals surface area contributed by atoms with E-state index in [1.54, 1.807) is 12.1 Å². The lowest BCUT2D eigenvalue weighted by molar-refractivity contribution is -0.147. The number of hydrogen-bond acceptors (Lipinski definition) is 6. The molecule has 8 nitrogen and oxygen atoms in total. The first-order valence-electron chi connectivity index (χ1n) is 11.1. The van der Waals surface area contributed by atoms with Gasteiger partial charge in [0.15, 0.2) is 14.4 Å². The quantitative estimate of drug-likeness (QED) is 0.207. The van der Waals surface area contributed by atoms with Crippen LogP contribution in [0.25, 0.3) is 0 Å². The van der Waals surface area contributed by atoms with Crippen molar-refractivity contribution in [2.45, 2.75) is 53.0 Å². The number of aliphatic hydroxyl groups is 1. The summed E-state index contributed by atoms with van der Waals surface area (Å²) in [6, 6.07) is 6.12. The van der Waals surface area contributed by atoms with Gasteiger partial charge in [-0.25, -0.2) is 4.79 Å². The molecule has 1 aliphatic carbocycles. The molecule has 1 heterocycles. The molecule has 0 spiro atoms. The van der Waals surface area contributed by atoms with E-state index in [2.05, 4.69) is 0 Å². The number of rotatable bonds is 10. The number of esters is 1. The van der Waals surface area contributed by atoms with E-state index in [-0.39, 0.29) is 17.3 Å². The number of hydroxylamine groups is 1. The van der Waals surface area contributed by atoms with Crippen molar-refractivity contribution in [3.8, 4) is 5.75 Å². The summed E-state index contributed by atoms with van der Waals surface area (Å²) in [7, 11) is -1.60. The number of allylic oxidation sites excluding steroid dienone is 4. The van der Waals surface area contributed by atoms with Crippen LogP contribution in [0.15, 0.2) is 70.2 Å². The van der Waals surface area contributed by atoms with Crippen LogP contribution in [-0.4, -0.2) is 33.0 Å². The van der Waals surface area contributed by atoms with Gasteiger partial charge in [0.2, 0.25) is 0 Å². The second-order valence-electron chi connectivity index (χ2n) is 8.39. The molecule has 2 aliphatic rings. The van der Waals surface area contributed by atoms with Gasteiger partial charge in [-0.15, -0.1) is 0 Å². The lowest BCUT2D eigenvalue weighted by Gasteiger charge is -2.26. The Morgan fingerprint density at radius 1 is 1.35 bits per heavy atom. The van der Waals surface area contributed by atoms with E-state index in [4.69, 9.17) is 9.57 Å². The van der Waals surface area contributed by atoms with Gasteiger partial charge in [-0.2, -0.15) is 0 Å². The van der Waals surface area contributed by atoms with E-state index >= 15 is 0 Å². The Balaban J connectivity index is 1.82. The molecule has 0 fully saturated rings. The Hall–Kier alpha value is -3.09. The zero-order chi connectivity index (χ0) is 25.0. The summed E-state index contributed by atoms with van der Waals surface area (Å²) in [6.07, 6.45) is 5.12. The van der Waals surface area contributed by atoms with Gasteiger partial charge in [-0.05, 0) is 44.7 Å². The minimum absolute atomic E-state index is 0.0167. The minimum atomic E-state index is -1.60. The number of fused-ring (bicyclic) bond motifs is 1. The first-order chi connectivity index (χ1) is 16.2. The van der Waals surface area contributed by atoms with Crippen LogP contribution in [0.2, 0.25) is 0 Å². The first kappa shape index (κ1) is 25.5. The van der Waals surface area contributed by atoms with Crippen molar-refractivity contribution in [3.05, 3.63) is 75.8 Å². The van der Waals surface area contributed by atoms with Gasteiger partial charge in [0, 0.05) is 17.1 Å². The average molecular weight is 487 g/mol. The maximum atomic E-state index is 12.1. The number of carboxylic acid groups (broad SMARTS) is 1. The second kappa shape index (κ2) is 10.9. The number of carbonyl (C=O) groups is 2. The molecule has 1 aromatic rings. The van der Waals surface area contributed by atoms with Gasteiger partial charge in [0.25, 0.3) is 0 Å². The summed E-state index contributed by atoms with van der Waals surface area (Å²) in [6.45, 7) is 7.39. The van der Waals surface area contributed by atoms with Crippen molar-refractivity contribution in [2.24, 2.45) is 5.92 Å². The maximum absolute atomic E-state index is 12.1. The van der Waals surface area contributed by atoms with Crippen molar-refractivity contribution < 1.29 is 33.9 Å². The van der Waals surface area contributed by atoms with Crippen molar-refractivity contribution in [1.29, 1.82) is 0 Å². The smallest absolute Gasteiger partial charge is 0.347 e. The third-order valence-corrected chi connectivity index (χ3v) is 6.97. The molecule has 2 unspecified atom stereocenters. The molecule has 1 aromatic carbocycles. The largest absolute Gasteiger partial charge is 0.507 e. The normalized spacial score (nSPS) is 19.6. The Morgan fingerprint density at radius 2 is 2.06 bits per heavy atom. The highest BCUT2D eigenvalue weighted by molar-refractivity contribution is 7.20. The van der Waals surface area contributed by atoms with E-state index in [0.717, 1.165) is 39.1 Å². The van der Waals surface area contributed by atoms with Crippen LogP contribution in [0.5, 0.6) is 5.75 Å². The topological polar surface area (TPSA) is 113 Å². The number of para-hydroxylation sites is 1. The van der Waals surface area contributed by atoms with Crippen molar-refractivity contribution >= 4 is 20.5 Å². The zero-order valence-corrected chi connectivity index (χ0v) is 20.9. The third-order valence-electron chi connectivity index (χ3n) is 6.21. The van der Waals surface area contributed by atoms with Crippen LogP contribution in [-0.2, 0) is 25.3 Å². The highest BCUT2D eigenvalue weighted by atomic mass is 31.1. The van der Waals surface area contributed by atoms with Crippen LogP contribution < -0.4 is 4.84 Å². The minimum Gasteiger partial charge on any atom is -0.507 e. The fourth-order valence-electron chi connectivity index (χ4n) is 4.21. The number of cyclic esters (lactones) is 1. The lowest BCUT2D eigenvalue weighted by atomic mass is 9.78. The summed E-state index contributed by atoms with van der Waals surface area (Å²) in [5.74, 6) is -1.26. The van der Waals surface area contributed by atoms with Crippen LogP contribution in [0, 0.1) is 5.92 Å². The Labute approximate surface area is 200 Å². The van der Waals surface area contributed by atoms with E-state index < -0.39 is 26.6 Å². The van der Waals surface area contributed by atoms with E-state index in [0.29, 0.717) is 18.6 Å². The van der Waals surface area contributed by atoms with E-state index in [9.17, 15) is 24.4 Å². The highest BCUT2D eigenvalue weighted by Gasteiger charge is 2.37. The lowest BCUT2D eigenvalue weighted by Crippen LogP contribution is -2.34. The number of aliphatic hydroxyl groups excluding tert-OH is 1. The summed E-state index contributed by atoms with van der Waals surface area (Å²) < 4.78 is 16.6. The molecule has 2 N–H and O–H groups in total. The SMILES string of the molecule is CCC1=C(CC=C(C)Cc2ccccc2ON([PH2]=O)[C@@H](C)C(=O)O)C(O)=C2C(=O)OC=C2C1C. The fourth-order valence-corrected chi connectivity index (χ4v) is 4.67. The number of carboxylic acids is 1. The van der Waals surface area contributed by atoms with Crippen LogP contribution >= 0.6 is 8.61 Å². The predicted molar refractivity (Wildman–Crippen MR) is 129 cm³/mol. The van der Waals surface area contributed by atoms with Crippen LogP contribution in [0.3, 0.4) is 0 Å². The molecular weight excluding hydrogens is 457 g/mol. The molecule has 3 rings (SSSR count). The number of carbonyl (C=O) groups excluding carboxylic acids is 1. The fraction of sp³-hybridized carbons (Fsp3) is 0.360. The third kappa shape index (κ3) is 5.18. The monoisotopic (exact) mass is 487 g/mol. The first-order valence-corrected chi connectivity index (χ1v) is 12.1. The Kier molecular flexibility index (Phi) is 8.18. The number of benzene rings is 1. The van der Waals surface area contributed by atoms with Crippen molar-refractivity contribution in [1.82, 2.24) is 4.83 Å². The summed E-state index contributed by atoms with van der Waals surface area (Å²) in [5, 5.41) is 20.1. The zero-order valence-electron chi connectivity index (χ0n) is 19.7. The molecule has 0 saturated heterocycles. The average Bonchev–Trinajstić information content (AvgIpc) is 3.21. The molecule has 0 radical (unpaired) electrons. The standard InChI is InChI=1S/C25H30NO7P/c1-5-18-15(3)20-13-32-25(30)22(20)23(27)19(18)11-10-14(2)12-17-8-6-7-9-21(17)33-26(34-31)16(4)24(28)29/h6-10,13,15-16,27H,5,11-12,34H2,1-4H3,(H,28,29)/t15?,16-/m0/s1. The van der Waals surface area contributed by atoms with Gasteiger partial charge >= 0.3 is 11.9 Å². The predicted octanol–water partition coefficient (Wildman–Crippen LogP) is 4.91. The summed E-state index contributed by atoms with van der Waals surface area (Å²) in [4.78, 5) is 30.0. The van der Waals surface area contributed by atoms with Gasteiger partial charge < -0.3 is 24.4 Å². The maximum Gasteiger partial charge on any atom is 0.347 e. The van der Waals surface area contributed by atoms with Gasteiger partial charge in [0.05, 0.1) is 6.26 Å².